The zero-order valence-corrected chi connectivity index (χ0v) is 9.17. The Morgan fingerprint density at radius 3 is 3.12 bits per heavy atom. The van der Waals surface area contributed by atoms with Crippen LogP contribution in [0.25, 0.3) is 21.3 Å². The SMILES string of the molecule is [N-]=[N+]=NCCC#Cc1cccc2ncccc12. The van der Waals surface area contributed by atoms with Crippen molar-refractivity contribution in [2.45, 2.75) is 6.42 Å². The lowest BCUT2D eigenvalue weighted by Crippen LogP contribution is -1.82. The van der Waals surface area contributed by atoms with Crippen molar-refractivity contribution in [3.8, 4) is 11.8 Å². The number of rotatable bonds is 2. The Morgan fingerprint density at radius 2 is 2.24 bits per heavy atom. The first-order valence-corrected chi connectivity index (χ1v) is 5.25. The van der Waals surface area contributed by atoms with Gasteiger partial charge in [0.2, 0.25) is 0 Å². The molecule has 1 aromatic carbocycles. The van der Waals surface area contributed by atoms with Gasteiger partial charge in [-0.1, -0.05) is 29.1 Å². The maximum Gasteiger partial charge on any atom is 0.0714 e. The summed E-state index contributed by atoms with van der Waals surface area (Å²) in [6.07, 6.45) is 2.34. The van der Waals surface area contributed by atoms with Gasteiger partial charge in [0, 0.05) is 35.0 Å². The normalized spacial score (nSPS) is 9.18. The largest absolute Gasteiger partial charge is 0.256 e. The number of aromatic nitrogens is 1. The average molecular weight is 222 g/mol. The molecule has 0 fully saturated rings. The lowest BCUT2D eigenvalue weighted by molar-refractivity contribution is 1.01. The quantitative estimate of drug-likeness (QED) is 0.253. The molecule has 1 aromatic heterocycles. The number of azide groups is 1. The zero-order valence-electron chi connectivity index (χ0n) is 9.17. The Hall–Kier alpha value is -2.50. The van der Waals surface area contributed by atoms with Gasteiger partial charge in [-0.15, -0.1) is 0 Å². The fourth-order valence-corrected chi connectivity index (χ4v) is 1.52. The molecule has 4 heteroatoms. The van der Waals surface area contributed by atoms with Crippen LogP contribution in [0.3, 0.4) is 0 Å². The minimum Gasteiger partial charge on any atom is -0.256 e. The number of fused-ring (bicyclic) bond motifs is 1. The van der Waals surface area contributed by atoms with E-state index in [1.54, 1.807) is 6.20 Å². The molecule has 0 spiro atoms. The molecule has 0 aliphatic carbocycles. The highest BCUT2D eigenvalue weighted by molar-refractivity contribution is 5.84. The van der Waals surface area contributed by atoms with Gasteiger partial charge >= 0.3 is 0 Å². The van der Waals surface area contributed by atoms with Gasteiger partial charge in [0.15, 0.2) is 0 Å². The van der Waals surface area contributed by atoms with Gasteiger partial charge in [0.25, 0.3) is 0 Å². The van der Waals surface area contributed by atoms with Crippen molar-refractivity contribution in [2.24, 2.45) is 5.11 Å². The fraction of sp³-hybridized carbons (Fsp3) is 0.154. The predicted molar refractivity (Wildman–Crippen MR) is 67.3 cm³/mol. The van der Waals surface area contributed by atoms with Crippen molar-refractivity contribution in [1.82, 2.24) is 4.98 Å². The third-order valence-electron chi connectivity index (χ3n) is 2.27. The number of benzene rings is 1. The van der Waals surface area contributed by atoms with Crippen LogP contribution >= 0.6 is 0 Å². The summed E-state index contributed by atoms with van der Waals surface area (Å²) in [7, 11) is 0. The van der Waals surface area contributed by atoms with Crippen molar-refractivity contribution < 1.29 is 0 Å². The van der Waals surface area contributed by atoms with Gasteiger partial charge in [-0.3, -0.25) is 4.98 Å². The molecule has 0 bridgehead atoms. The molecule has 1 heterocycles. The van der Waals surface area contributed by atoms with Gasteiger partial charge in [0.05, 0.1) is 5.52 Å². The summed E-state index contributed by atoms with van der Waals surface area (Å²) >= 11 is 0. The predicted octanol–water partition coefficient (Wildman–Crippen LogP) is 3.29. The maximum absolute atomic E-state index is 8.13. The Morgan fingerprint density at radius 1 is 1.29 bits per heavy atom. The van der Waals surface area contributed by atoms with Crippen LogP contribution in [0.5, 0.6) is 0 Å². The van der Waals surface area contributed by atoms with Gasteiger partial charge < -0.3 is 0 Å². The minimum absolute atomic E-state index is 0.409. The highest BCUT2D eigenvalue weighted by Crippen LogP contribution is 2.14. The third-order valence-corrected chi connectivity index (χ3v) is 2.27. The summed E-state index contributed by atoms with van der Waals surface area (Å²) in [6, 6.07) is 9.76. The van der Waals surface area contributed by atoms with Crippen molar-refractivity contribution in [1.29, 1.82) is 0 Å². The molecule has 2 rings (SSSR count). The molecule has 2 aromatic rings. The summed E-state index contributed by atoms with van der Waals surface area (Å²) in [5.74, 6) is 6.06. The smallest absolute Gasteiger partial charge is 0.0714 e. The summed E-state index contributed by atoms with van der Waals surface area (Å²) in [5, 5.41) is 4.48. The standard InChI is InChI=1S/C13H10N4/c14-17-16-10-2-1-5-11-6-3-8-13-12(11)7-4-9-15-13/h3-4,6-9H,2,10H2. The van der Waals surface area contributed by atoms with E-state index in [0.717, 1.165) is 16.5 Å². The van der Waals surface area contributed by atoms with E-state index in [1.807, 2.05) is 30.3 Å². The highest BCUT2D eigenvalue weighted by atomic mass is 15.1. The zero-order chi connectivity index (χ0) is 11.9. The molecular formula is C13H10N4. The van der Waals surface area contributed by atoms with Crippen molar-refractivity contribution in [3.05, 3.63) is 52.5 Å². The summed E-state index contributed by atoms with van der Waals surface area (Å²) in [4.78, 5) is 6.94. The molecule has 82 valence electrons. The number of nitrogens with zero attached hydrogens (tertiary/aromatic N) is 4. The van der Waals surface area contributed by atoms with E-state index in [0.29, 0.717) is 13.0 Å². The summed E-state index contributed by atoms with van der Waals surface area (Å²) in [5.41, 5.74) is 10.0. The molecule has 0 saturated heterocycles. The van der Waals surface area contributed by atoms with E-state index in [-0.39, 0.29) is 0 Å². The van der Waals surface area contributed by atoms with Gasteiger partial charge in [-0.2, -0.15) is 0 Å². The first-order chi connectivity index (χ1) is 8.42. The Bertz CT molecular complexity index is 625. The second kappa shape index (κ2) is 5.55. The van der Waals surface area contributed by atoms with E-state index < -0.39 is 0 Å². The van der Waals surface area contributed by atoms with E-state index in [2.05, 4.69) is 26.9 Å². The third kappa shape index (κ3) is 2.75. The van der Waals surface area contributed by atoms with Crippen LogP contribution in [0.15, 0.2) is 41.6 Å². The monoisotopic (exact) mass is 222 g/mol. The Labute approximate surface area is 98.9 Å². The molecule has 0 radical (unpaired) electrons. The van der Waals surface area contributed by atoms with Crippen LogP contribution in [0.2, 0.25) is 0 Å². The van der Waals surface area contributed by atoms with Crippen molar-refractivity contribution >= 4 is 10.9 Å². The summed E-state index contributed by atoms with van der Waals surface area (Å²) < 4.78 is 0. The van der Waals surface area contributed by atoms with Gasteiger partial charge in [-0.25, -0.2) is 0 Å². The topological polar surface area (TPSA) is 61.7 Å². The highest BCUT2D eigenvalue weighted by Gasteiger charge is 1.96. The minimum atomic E-state index is 0.409. The van der Waals surface area contributed by atoms with Crippen LogP contribution in [-0.2, 0) is 0 Å². The summed E-state index contributed by atoms with van der Waals surface area (Å²) in [6.45, 7) is 0.409. The molecule has 0 amide bonds. The van der Waals surface area contributed by atoms with Crippen LogP contribution in [0, 0.1) is 11.8 Å². The lowest BCUT2D eigenvalue weighted by atomic mass is 10.1. The van der Waals surface area contributed by atoms with Crippen molar-refractivity contribution in [3.63, 3.8) is 0 Å². The van der Waals surface area contributed by atoms with Crippen LogP contribution in [0.4, 0.5) is 0 Å². The lowest BCUT2D eigenvalue weighted by Gasteiger charge is -1.98. The van der Waals surface area contributed by atoms with Gasteiger partial charge in [0.1, 0.15) is 0 Å². The van der Waals surface area contributed by atoms with Crippen LogP contribution in [-0.4, -0.2) is 11.5 Å². The first-order valence-electron chi connectivity index (χ1n) is 5.25. The molecular weight excluding hydrogens is 212 g/mol. The molecule has 0 atom stereocenters. The first kappa shape index (κ1) is 11.0. The van der Waals surface area contributed by atoms with E-state index in [1.165, 1.54) is 0 Å². The molecule has 0 aliphatic rings. The molecule has 17 heavy (non-hydrogen) atoms. The van der Waals surface area contributed by atoms with Crippen LogP contribution in [0.1, 0.15) is 12.0 Å². The maximum atomic E-state index is 8.13. The Kier molecular flexibility index (Phi) is 3.59. The second-order valence-electron chi connectivity index (χ2n) is 3.38. The molecule has 0 unspecified atom stereocenters. The average Bonchev–Trinajstić information content (AvgIpc) is 2.39. The van der Waals surface area contributed by atoms with Crippen molar-refractivity contribution in [2.75, 3.05) is 6.54 Å². The van der Waals surface area contributed by atoms with E-state index >= 15 is 0 Å². The molecule has 0 aliphatic heterocycles. The van der Waals surface area contributed by atoms with E-state index in [9.17, 15) is 0 Å². The fourth-order valence-electron chi connectivity index (χ4n) is 1.52. The number of pyridine rings is 1. The second-order valence-corrected chi connectivity index (χ2v) is 3.38. The molecule has 0 N–H and O–H groups in total. The molecule has 4 nitrogen and oxygen atoms in total. The Balaban J connectivity index is 2.26. The van der Waals surface area contributed by atoms with Crippen LogP contribution < -0.4 is 0 Å². The van der Waals surface area contributed by atoms with Gasteiger partial charge in [-0.05, 0) is 23.7 Å². The number of hydrogen-bond acceptors (Lipinski definition) is 2. The van der Waals surface area contributed by atoms with E-state index in [4.69, 9.17) is 5.53 Å². The molecule has 0 saturated carbocycles. The number of hydrogen-bond donors (Lipinski definition) is 0.